The van der Waals surface area contributed by atoms with Gasteiger partial charge in [-0.25, -0.2) is 0 Å². The maximum Gasteiger partial charge on any atom is 0.252 e. The van der Waals surface area contributed by atoms with Crippen LogP contribution >= 0.6 is 11.6 Å². The Morgan fingerprint density at radius 3 is 2.74 bits per heavy atom. The Bertz CT molecular complexity index is 613. The lowest BCUT2D eigenvalue weighted by Crippen LogP contribution is -2.12. The van der Waals surface area contributed by atoms with Crippen LogP contribution in [-0.2, 0) is 6.61 Å². The van der Waals surface area contributed by atoms with E-state index in [1.54, 1.807) is 30.3 Å². The molecule has 5 heteroatoms. The first kappa shape index (κ1) is 13.4. The van der Waals surface area contributed by atoms with E-state index in [1.165, 1.54) is 12.1 Å². The van der Waals surface area contributed by atoms with Crippen molar-refractivity contribution in [1.29, 1.82) is 0 Å². The maximum absolute atomic E-state index is 11.3. The molecule has 0 heterocycles. The number of halogens is 1. The average molecular weight is 278 g/mol. The number of nitrogens with two attached hydrogens (primary N) is 1. The van der Waals surface area contributed by atoms with Gasteiger partial charge < -0.3 is 15.6 Å². The summed E-state index contributed by atoms with van der Waals surface area (Å²) in [6.07, 6.45) is 0. The second-order valence-corrected chi connectivity index (χ2v) is 4.35. The summed E-state index contributed by atoms with van der Waals surface area (Å²) >= 11 is 5.87. The Morgan fingerprint density at radius 2 is 2.05 bits per heavy atom. The van der Waals surface area contributed by atoms with Crippen LogP contribution in [0.5, 0.6) is 11.5 Å². The number of carbonyl (C=O) groups excluding carboxylic acids is 1. The molecule has 98 valence electrons. The molecule has 0 unspecified atom stereocenters. The van der Waals surface area contributed by atoms with Gasteiger partial charge in [-0.05, 0) is 29.8 Å². The van der Waals surface area contributed by atoms with Gasteiger partial charge in [-0.3, -0.25) is 4.79 Å². The summed E-state index contributed by atoms with van der Waals surface area (Å²) in [5, 5.41) is 9.51. The molecule has 2 rings (SSSR count). The fourth-order valence-electron chi connectivity index (χ4n) is 1.62. The van der Waals surface area contributed by atoms with E-state index in [-0.39, 0.29) is 17.9 Å². The van der Waals surface area contributed by atoms with Crippen molar-refractivity contribution in [3.8, 4) is 11.5 Å². The predicted molar refractivity (Wildman–Crippen MR) is 72.4 cm³/mol. The van der Waals surface area contributed by atoms with Crippen LogP contribution in [0.4, 0.5) is 0 Å². The molecule has 0 aliphatic carbocycles. The zero-order valence-electron chi connectivity index (χ0n) is 9.97. The van der Waals surface area contributed by atoms with Crippen molar-refractivity contribution in [2.45, 2.75) is 6.61 Å². The summed E-state index contributed by atoms with van der Waals surface area (Å²) in [6.45, 7) is -0.0879. The van der Waals surface area contributed by atoms with Gasteiger partial charge in [-0.2, -0.15) is 0 Å². The molecule has 3 N–H and O–H groups in total. The van der Waals surface area contributed by atoms with Gasteiger partial charge in [0, 0.05) is 11.1 Å². The topological polar surface area (TPSA) is 72.6 Å². The zero-order chi connectivity index (χ0) is 13.8. The Hall–Kier alpha value is -2.04. The Balaban J connectivity index is 2.36. The van der Waals surface area contributed by atoms with Crippen LogP contribution in [0, 0.1) is 0 Å². The van der Waals surface area contributed by atoms with Crippen molar-refractivity contribution in [2.75, 3.05) is 0 Å². The van der Waals surface area contributed by atoms with Gasteiger partial charge >= 0.3 is 0 Å². The second-order valence-electron chi connectivity index (χ2n) is 3.91. The van der Waals surface area contributed by atoms with Gasteiger partial charge in [-0.1, -0.05) is 23.7 Å². The van der Waals surface area contributed by atoms with Crippen molar-refractivity contribution in [2.24, 2.45) is 5.73 Å². The van der Waals surface area contributed by atoms with E-state index in [9.17, 15) is 4.79 Å². The monoisotopic (exact) mass is 277 g/mol. The van der Waals surface area contributed by atoms with Crippen LogP contribution in [0.15, 0.2) is 42.5 Å². The lowest BCUT2D eigenvalue weighted by Gasteiger charge is -2.10. The van der Waals surface area contributed by atoms with Crippen LogP contribution in [0.25, 0.3) is 0 Å². The summed E-state index contributed by atoms with van der Waals surface area (Å²) < 4.78 is 5.60. The van der Waals surface area contributed by atoms with E-state index in [4.69, 9.17) is 27.2 Å². The molecule has 2 aromatic rings. The molecular weight excluding hydrogens is 266 g/mol. The number of aliphatic hydroxyl groups is 1. The minimum atomic E-state index is -0.593. The molecule has 0 aliphatic heterocycles. The number of benzene rings is 2. The number of aliphatic hydroxyl groups excluding tert-OH is 1. The van der Waals surface area contributed by atoms with Crippen molar-refractivity contribution in [1.82, 2.24) is 0 Å². The average Bonchev–Trinajstić information content (AvgIpc) is 2.38. The second kappa shape index (κ2) is 5.73. The molecule has 0 aliphatic rings. The molecule has 0 bridgehead atoms. The highest BCUT2D eigenvalue weighted by Crippen LogP contribution is 2.28. The van der Waals surface area contributed by atoms with Crippen LogP contribution in [-0.4, -0.2) is 11.0 Å². The quantitative estimate of drug-likeness (QED) is 0.902. The van der Waals surface area contributed by atoms with Gasteiger partial charge in [0.25, 0.3) is 5.91 Å². The fourth-order valence-corrected chi connectivity index (χ4v) is 1.78. The molecule has 19 heavy (non-hydrogen) atoms. The molecule has 0 saturated carbocycles. The van der Waals surface area contributed by atoms with E-state index in [1.807, 2.05) is 0 Å². The summed E-state index contributed by atoms with van der Waals surface area (Å²) in [4.78, 5) is 11.3. The first-order valence-electron chi connectivity index (χ1n) is 5.57. The molecule has 0 atom stereocenters. The zero-order valence-corrected chi connectivity index (χ0v) is 10.7. The molecule has 0 saturated heterocycles. The van der Waals surface area contributed by atoms with Gasteiger partial charge in [0.15, 0.2) is 0 Å². The largest absolute Gasteiger partial charge is 0.456 e. The van der Waals surface area contributed by atoms with E-state index in [0.29, 0.717) is 16.3 Å². The Labute approximate surface area is 115 Å². The SMILES string of the molecule is NC(=O)c1ccc(Cl)cc1Oc1cccc(CO)c1. The number of hydrogen-bond acceptors (Lipinski definition) is 3. The van der Waals surface area contributed by atoms with E-state index in [2.05, 4.69) is 0 Å². The highest BCUT2D eigenvalue weighted by atomic mass is 35.5. The molecule has 1 amide bonds. The Morgan fingerprint density at radius 1 is 1.26 bits per heavy atom. The summed E-state index contributed by atoms with van der Waals surface area (Å²) in [5.41, 5.74) is 6.23. The molecule has 0 fully saturated rings. The molecule has 0 spiro atoms. The van der Waals surface area contributed by atoms with Crippen molar-refractivity contribution in [3.05, 3.63) is 58.6 Å². The number of carbonyl (C=O) groups is 1. The normalized spacial score (nSPS) is 10.2. The Kier molecular flexibility index (Phi) is 4.04. The van der Waals surface area contributed by atoms with Crippen LogP contribution in [0.1, 0.15) is 15.9 Å². The number of amides is 1. The summed E-state index contributed by atoms with van der Waals surface area (Å²) in [6, 6.07) is 11.5. The van der Waals surface area contributed by atoms with E-state index in [0.717, 1.165) is 0 Å². The number of rotatable bonds is 4. The van der Waals surface area contributed by atoms with Crippen LogP contribution in [0.3, 0.4) is 0 Å². The fraction of sp³-hybridized carbons (Fsp3) is 0.0714. The van der Waals surface area contributed by atoms with E-state index >= 15 is 0 Å². The van der Waals surface area contributed by atoms with Crippen molar-refractivity contribution in [3.63, 3.8) is 0 Å². The first-order chi connectivity index (χ1) is 9.10. The number of ether oxygens (including phenoxy) is 1. The third kappa shape index (κ3) is 3.24. The third-order valence-corrected chi connectivity index (χ3v) is 2.75. The molecular formula is C14H12ClNO3. The number of primary amides is 1. The van der Waals surface area contributed by atoms with Gasteiger partial charge in [0.2, 0.25) is 0 Å². The van der Waals surface area contributed by atoms with Crippen molar-refractivity contribution >= 4 is 17.5 Å². The standard InChI is InChI=1S/C14H12ClNO3/c15-10-4-5-12(14(16)18)13(7-10)19-11-3-1-2-9(6-11)8-17/h1-7,17H,8H2,(H2,16,18). The van der Waals surface area contributed by atoms with Gasteiger partial charge in [0.05, 0.1) is 12.2 Å². The summed E-state index contributed by atoms with van der Waals surface area (Å²) in [5.74, 6) is 0.191. The lowest BCUT2D eigenvalue weighted by molar-refractivity contribution is 0.0998. The van der Waals surface area contributed by atoms with E-state index < -0.39 is 5.91 Å². The summed E-state index contributed by atoms with van der Waals surface area (Å²) in [7, 11) is 0. The smallest absolute Gasteiger partial charge is 0.252 e. The molecule has 4 nitrogen and oxygen atoms in total. The maximum atomic E-state index is 11.3. The lowest BCUT2D eigenvalue weighted by atomic mass is 10.2. The number of hydrogen-bond donors (Lipinski definition) is 2. The minimum Gasteiger partial charge on any atom is -0.456 e. The van der Waals surface area contributed by atoms with Gasteiger partial charge in [0.1, 0.15) is 11.5 Å². The molecule has 0 aromatic heterocycles. The third-order valence-electron chi connectivity index (χ3n) is 2.52. The highest BCUT2D eigenvalue weighted by Gasteiger charge is 2.11. The minimum absolute atomic E-state index is 0.0879. The highest BCUT2D eigenvalue weighted by molar-refractivity contribution is 6.30. The van der Waals surface area contributed by atoms with Crippen LogP contribution < -0.4 is 10.5 Å². The molecule has 0 radical (unpaired) electrons. The molecule has 2 aromatic carbocycles. The van der Waals surface area contributed by atoms with Crippen molar-refractivity contribution < 1.29 is 14.6 Å². The first-order valence-corrected chi connectivity index (χ1v) is 5.95. The van der Waals surface area contributed by atoms with Gasteiger partial charge in [-0.15, -0.1) is 0 Å². The van der Waals surface area contributed by atoms with Crippen LogP contribution in [0.2, 0.25) is 5.02 Å². The predicted octanol–water partition coefficient (Wildman–Crippen LogP) is 2.72.